The average Bonchev–Trinajstić information content (AvgIpc) is 3.63. The molecule has 2 aromatic rings. The maximum absolute atomic E-state index is 13.4. The van der Waals surface area contributed by atoms with Crippen molar-refractivity contribution in [3.8, 4) is 0 Å². The van der Waals surface area contributed by atoms with Crippen molar-refractivity contribution in [1.29, 1.82) is 0 Å². The number of likely N-dealkylation sites (tertiary alicyclic amines) is 1. The van der Waals surface area contributed by atoms with E-state index in [2.05, 4.69) is 51.8 Å². The van der Waals surface area contributed by atoms with Crippen LogP contribution in [-0.2, 0) is 20.9 Å². The lowest BCUT2D eigenvalue weighted by Crippen LogP contribution is -2.54. The molecule has 1 saturated carbocycles. The first-order valence-corrected chi connectivity index (χ1v) is 12.8. The SMILES string of the molecule is O=C1CC(N(C(=O)C2CC2)C2CCN(Cc3ccccc3)CC2)C(=O)N1c1ccc(I)cc1. The van der Waals surface area contributed by atoms with Crippen molar-refractivity contribution < 1.29 is 14.4 Å². The van der Waals surface area contributed by atoms with Crippen molar-refractivity contribution in [1.82, 2.24) is 9.80 Å². The first kappa shape index (κ1) is 22.5. The molecule has 3 amide bonds. The number of anilines is 1. The van der Waals surface area contributed by atoms with Crippen molar-refractivity contribution in [2.24, 2.45) is 5.92 Å². The number of halogens is 1. The highest BCUT2D eigenvalue weighted by Crippen LogP contribution is 2.36. The van der Waals surface area contributed by atoms with Crippen molar-refractivity contribution in [2.75, 3.05) is 18.0 Å². The van der Waals surface area contributed by atoms with Crippen LogP contribution < -0.4 is 4.90 Å². The lowest BCUT2D eigenvalue weighted by molar-refractivity contribution is -0.143. The summed E-state index contributed by atoms with van der Waals surface area (Å²) in [5, 5.41) is 0. The fourth-order valence-corrected chi connectivity index (χ4v) is 5.38. The Kier molecular flexibility index (Phi) is 6.51. The van der Waals surface area contributed by atoms with Gasteiger partial charge in [-0.25, -0.2) is 4.90 Å². The van der Waals surface area contributed by atoms with E-state index in [0.717, 1.165) is 48.9 Å². The second-order valence-electron chi connectivity index (χ2n) is 9.28. The summed E-state index contributed by atoms with van der Waals surface area (Å²) in [6.07, 6.45) is 3.50. The Morgan fingerprint density at radius 3 is 2.24 bits per heavy atom. The molecule has 2 saturated heterocycles. The van der Waals surface area contributed by atoms with Crippen LogP contribution in [0.1, 0.15) is 37.7 Å². The van der Waals surface area contributed by atoms with Crippen LogP contribution in [0.15, 0.2) is 54.6 Å². The zero-order chi connectivity index (χ0) is 22.9. The van der Waals surface area contributed by atoms with Gasteiger partial charge in [0, 0.05) is 35.2 Å². The molecule has 0 N–H and O–H groups in total. The Labute approximate surface area is 208 Å². The van der Waals surface area contributed by atoms with E-state index in [4.69, 9.17) is 0 Å². The van der Waals surface area contributed by atoms with Crippen LogP contribution in [0.4, 0.5) is 5.69 Å². The van der Waals surface area contributed by atoms with E-state index >= 15 is 0 Å². The van der Waals surface area contributed by atoms with E-state index in [0.29, 0.717) is 5.69 Å². The Morgan fingerprint density at radius 1 is 0.939 bits per heavy atom. The first-order chi connectivity index (χ1) is 16.0. The second-order valence-corrected chi connectivity index (χ2v) is 10.5. The third-order valence-electron chi connectivity index (χ3n) is 6.92. The zero-order valence-corrected chi connectivity index (χ0v) is 20.7. The van der Waals surface area contributed by atoms with Crippen LogP contribution in [0.2, 0.25) is 0 Å². The number of hydrogen-bond acceptors (Lipinski definition) is 4. The van der Waals surface area contributed by atoms with E-state index in [1.54, 1.807) is 12.1 Å². The van der Waals surface area contributed by atoms with E-state index in [1.807, 2.05) is 23.1 Å². The van der Waals surface area contributed by atoms with E-state index in [1.165, 1.54) is 10.5 Å². The van der Waals surface area contributed by atoms with Gasteiger partial charge >= 0.3 is 0 Å². The lowest BCUT2D eigenvalue weighted by atomic mass is 9.99. The van der Waals surface area contributed by atoms with Gasteiger partial charge in [-0.15, -0.1) is 0 Å². The number of rotatable bonds is 6. The molecule has 0 spiro atoms. The van der Waals surface area contributed by atoms with Gasteiger partial charge in [-0.05, 0) is 78.1 Å². The molecule has 2 aromatic carbocycles. The summed E-state index contributed by atoms with van der Waals surface area (Å²) >= 11 is 2.20. The van der Waals surface area contributed by atoms with Gasteiger partial charge in [-0.1, -0.05) is 30.3 Å². The normalized spacial score (nSPS) is 22.1. The van der Waals surface area contributed by atoms with E-state index < -0.39 is 6.04 Å². The molecule has 1 unspecified atom stereocenters. The van der Waals surface area contributed by atoms with Gasteiger partial charge in [0.25, 0.3) is 5.91 Å². The van der Waals surface area contributed by atoms with Gasteiger partial charge in [-0.3, -0.25) is 19.3 Å². The second kappa shape index (κ2) is 9.54. The Hall–Kier alpha value is -2.26. The zero-order valence-electron chi connectivity index (χ0n) is 18.5. The molecule has 0 bridgehead atoms. The smallest absolute Gasteiger partial charge is 0.257 e. The molecule has 33 heavy (non-hydrogen) atoms. The highest BCUT2D eigenvalue weighted by Gasteiger charge is 2.49. The monoisotopic (exact) mass is 557 g/mol. The van der Waals surface area contributed by atoms with Crippen LogP contribution in [0.3, 0.4) is 0 Å². The minimum absolute atomic E-state index is 0.00328. The average molecular weight is 557 g/mol. The van der Waals surface area contributed by atoms with Gasteiger partial charge < -0.3 is 4.90 Å². The third kappa shape index (κ3) is 4.84. The molecule has 2 heterocycles. The Balaban J connectivity index is 1.31. The number of imide groups is 1. The molecule has 7 heteroatoms. The number of hydrogen-bond donors (Lipinski definition) is 0. The van der Waals surface area contributed by atoms with Gasteiger partial charge in [0.15, 0.2) is 0 Å². The summed E-state index contributed by atoms with van der Waals surface area (Å²) in [6.45, 7) is 2.65. The van der Waals surface area contributed by atoms with Gasteiger partial charge in [0.05, 0.1) is 12.1 Å². The highest BCUT2D eigenvalue weighted by atomic mass is 127. The summed E-state index contributed by atoms with van der Waals surface area (Å²) < 4.78 is 1.04. The van der Waals surface area contributed by atoms with Crippen molar-refractivity contribution in [3.05, 3.63) is 63.7 Å². The van der Waals surface area contributed by atoms with E-state index in [-0.39, 0.29) is 36.1 Å². The molecule has 2 aliphatic heterocycles. The predicted molar refractivity (Wildman–Crippen MR) is 134 cm³/mol. The van der Waals surface area contributed by atoms with Gasteiger partial charge in [0.2, 0.25) is 11.8 Å². The molecule has 1 atom stereocenters. The van der Waals surface area contributed by atoms with Gasteiger partial charge in [0.1, 0.15) is 6.04 Å². The van der Waals surface area contributed by atoms with Crippen LogP contribution in [0.25, 0.3) is 0 Å². The van der Waals surface area contributed by atoms with Crippen LogP contribution in [0, 0.1) is 9.49 Å². The molecule has 0 aromatic heterocycles. The first-order valence-electron chi connectivity index (χ1n) is 11.7. The Morgan fingerprint density at radius 2 is 1.61 bits per heavy atom. The number of piperidine rings is 1. The summed E-state index contributed by atoms with van der Waals surface area (Å²) in [4.78, 5) is 45.2. The number of nitrogens with zero attached hydrogens (tertiary/aromatic N) is 3. The summed E-state index contributed by atoms with van der Waals surface area (Å²) in [6, 6.07) is 17.1. The minimum Gasteiger partial charge on any atom is -0.327 e. The molecule has 1 aliphatic carbocycles. The highest BCUT2D eigenvalue weighted by molar-refractivity contribution is 14.1. The number of benzene rings is 2. The molecule has 172 valence electrons. The Bertz CT molecular complexity index is 1030. The van der Waals surface area contributed by atoms with Gasteiger partial charge in [-0.2, -0.15) is 0 Å². The quantitative estimate of drug-likeness (QED) is 0.401. The maximum atomic E-state index is 13.4. The molecule has 3 aliphatic rings. The molecule has 0 radical (unpaired) electrons. The van der Waals surface area contributed by atoms with E-state index in [9.17, 15) is 14.4 Å². The third-order valence-corrected chi connectivity index (χ3v) is 7.64. The number of carbonyl (C=O) groups excluding carboxylic acids is 3. The van der Waals surface area contributed by atoms with Crippen molar-refractivity contribution in [3.63, 3.8) is 0 Å². The van der Waals surface area contributed by atoms with Crippen molar-refractivity contribution in [2.45, 2.75) is 50.7 Å². The molecular formula is C26H28IN3O3. The largest absolute Gasteiger partial charge is 0.327 e. The van der Waals surface area contributed by atoms with Crippen molar-refractivity contribution >= 4 is 46.0 Å². The fourth-order valence-electron chi connectivity index (χ4n) is 5.02. The summed E-state index contributed by atoms with van der Waals surface area (Å²) in [7, 11) is 0. The molecular weight excluding hydrogens is 529 g/mol. The minimum atomic E-state index is -0.685. The predicted octanol–water partition coefficient (Wildman–Crippen LogP) is 3.83. The topological polar surface area (TPSA) is 60.9 Å². The molecule has 6 nitrogen and oxygen atoms in total. The maximum Gasteiger partial charge on any atom is 0.257 e. The summed E-state index contributed by atoms with van der Waals surface area (Å²) in [5.74, 6) is -0.405. The lowest BCUT2D eigenvalue weighted by Gasteiger charge is -2.41. The fraction of sp³-hybridized carbons (Fsp3) is 0.423. The summed E-state index contributed by atoms with van der Waals surface area (Å²) in [5.41, 5.74) is 1.87. The van der Waals surface area contributed by atoms with Crippen LogP contribution in [0.5, 0.6) is 0 Å². The standard InChI is InChI=1S/C26H28IN3O3/c27-20-8-10-21(11-9-20)30-24(31)16-23(26(30)33)29(25(32)19-6-7-19)22-12-14-28(15-13-22)17-18-4-2-1-3-5-18/h1-5,8-11,19,22-23H,6-7,12-17H2. The van der Waals surface area contributed by atoms with Crippen LogP contribution in [-0.4, -0.2) is 52.7 Å². The van der Waals surface area contributed by atoms with Crippen LogP contribution >= 0.6 is 22.6 Å². The molecule has 5 rings (SSSR count). The molecule has 3 fully saturated rings. The number of carbonyl (C=O) groups is 3. The number of amides is 3.